The van der Waals surface area contributed by atoms with Gasteiger partial charge in [0, 0.05) is 44.1 Å². The largest absolute Gasteiger partial charge is 0.376 e. The molecule has 2 saturated heterocycles. The Bertz CT molecular complexity index is 1280. The number of para-hydroxylation sites is 1. The fourth-order valence-electron chi connectivity index (χ4n) is 6.04. The molecule has 1 aliphatic carbocycles. The topological polar surface area (TPSA) is 97.3 Å². The first-order chi connectivity index (χ1) is 18.7. The maximum atomic E-state index is 14.1. The highest BCUT2D eigenvalue weighted by molar-refractivity contribution is 6.16. The van der Waals surface area contributed by atoms with E-state index in [4.69, 9.17) is 0 Å². The lowest BCUT2D eigenvalue weighted by Gasteiger charge is -2.31. The first-order valence-corrected chi connectivity index (χ1v) is 13.8. The number of aryl methyl sites for hydroxylation is 1. The summed E-state index contributed by atoms with van der Waals surface area (Å²) < 4.78 is 0. The van der Waals surface area contributed by atoms with Crippen molar-refractivity contribution in [2.75, 3.05) is 48.8 Å². The van der Waals surface area contributed by atoms with Crippen molar-refractivity contribution in [1.29, 1.82) is 0 Å². The van der Waals surface area contributed by atoms with E-state index in [0.717, 1.165) is 29.9 Å². The van der Waals surface area contributed by atoms with E-state index >= 15 is 0 Å². The normalized spacial score (nSPS) is 22.4. The van der Waals surface area contributed by atoms with E-state index < -0.39 is 18.1 Å². The van der Waals surface area contributed by atoms with Gasteiger partial charge in [0.25, 0.3) is 5.91 Å². The van der Waals surface area contributed by atoms with Crippen LogP contribution in [0.2, 0.25) is 0 Å². The second kappa shape index (κ2) is 11.1. The van der Waals surface area contributed by atoms with Gasteiger partial charge in [0.1, 0.15) is 6.54 Å². The summed E-state index contributed by atoms with van der Waals surface area (Å²) in [6.45, 7) is 5.16. The quantitative estimate of drug-likeness (QED) is 0.610. The minimum atomic E-state index is -1.18. The summed E-state index contributed by atoms with van der Waals surface area (Å²) in [5, 5.41) is 5.53. The summed E-state index contributed by atoms with van der Waals surface area (Å²) in [6.07, 6.45) is 3.49. The Morgan fingerprint density at radius 3 is 2.31 bits per heavy atom. The average molecular weight is 531 g/mol. The van der Waals surface area contributed by atoms with Crippen LogP contribution in [-0.4, -0.2) is 68.4 Å². The molecule has 2 bridgehead atoms. The van der Waals surface area contributed by atoms with Crippen molar-refractivity contribution in [2.45, 2.75) is 45.7 Å². The minimum Gasteiger partial charge on any atom is -0.376 e. The summed E-state index contributed by atoms with van der Waals surface area (Å²) in [7, 11) is 3.82. The van der Waals surface area contributed by atoms with Gasteiger partial charge >= 0.3 is 6.03 Å². The van der Waals surface area contributed by atoms with E-state index in [1.807, 2.05) is 74.1 Å². The zero-order chi connectivity index (χ0) is 27.7. The Morgan fingerprint density at radius 2 is 1.67 bits per heavy atom. The second-order valence-electron chi connectivity index (χ2n) is 11.3. The molecule has 3 heterocycles. The van der Waals surface area contributed by atoms with Crippen LogP contribution in [0, 0.1) is 18.8 Å². The molecule has 2 aromatic carbocycles. The van der Waals surface area contributed by atoms with Gasteiger partial charge < -0.3 is 20.4 Å². The van der Waals surface area contributed by atoms with Gasteiger partial charge in [0.15, 0.2) is 0 Å². The Kier molecular flexibility index (Phi) is 7.59. The Labute approximate surface area is 230 Å². The molecule has 9 nitrogen and oxygen atoms in total. The number of nitrogens with one attached hydrogen (secondary N) is 2. The fourth-order valence-corrected chi connectivity index (χ4v) is 6.04. The highest BCUT2D eigenvalue weighted by Gasteiger charge is 2.37. The highest BCUT2D eigenvalue weighted by Crippen LogP contribution is 2.37. The Morgan fingerprint density at radius 1 is 1.00 bits per heavy atom. The van der Waals surface area contributed by atoms with Gasteiger partial charge in [-0.05, 0) is 75.1 Å². The van der Waals surface area contributed by atoms with Crippen molar-refractivity contribution < 1.29 is 14.4 Å². The van der Waals surface area contributed by atoms with Crippen LogP contribution in [0.15, 0.2) is 47.5 Å². The molecule has 4 aliphatic rings. The van der Waals surface area contributed by atoms with E-state index in [9.17, 15) is 14.4 Å². The molecule has 0 spiro atoms. The fraction of sp³-hybridized carbons (Fsp3) is 0.467. The molecule has 1 atom stereocenters. The molecule has 0 aromatic heterocycles. The first-order valence-electron chi connectivity index (χ1n) is 13.8. The molecule has 0 radical (unpaired) electrons. The first kappa shape index (κ1) is 26.7. The van der Waals surface area contributed by atoms with E-state index in [1.165, 1.54) is 30.6 Å². The number of amides is 4. The number of hydrogen-bond donors (Lipinski definition) is 2. The molecule has 1 unspecified atom stereocenters. The number of anilines is 3. The number of benzodiazepines with no additional fused rings is 1. The lowest BCUT2D eigenvalue weighted by atomic mass is 9.84. The van der Waals surface area contributed by atoms with Crippen molar-refractivity contribution in [3.63, 3.8) is 0 Å². The third-order valence-corrected chi connectivity index (χ3v) is 8.09. The highest BCUT2D eigenvalue weighted by atomic mass is 16.2. The summed E-state index contributed by atoms with van der Waals surface area (Å²) in [5.41, 5.74) is 4.46. The molecule has 3 aliphatic heterocycles. The van der Waals surface area contributed by atoms with Crippen LogP contribution in [-0.2, 0) is 9.59 Å². The van der Waals surface area contributed by atoms with Crippen molar-refractivity contribution >= 4 is 40.6 Å². The van der Waals surface area contributed by atoms with Gasteiger partial charge in [-0.25, -0.2) is 4.79 Å². The summed E-state index contributed by atoms with van der Waals surface area (Å²) >= 11 is 0. The van der Waals surface area contributed by atoms with Crippen LogP contribution in [0.5, 0.6) is 0 Å². The molecule has 3 fully saturated rings. The van der Waals surface area contributed by atoms with Gasteiger partial charge in [-0.15, -0.1) is 0 Å². The van der Waals surface area contributed by atoms with E-state index in [2.05, 4.69) is 15.6 Å². The standard InChI is InChI=1S/C30H38N6O3/c1-19-7-5-8-23(15-19)32-30(39)33-28-29(38)36(18-26(37)35-16-21-11-12-22(17-35)14-13-21)27-24(20(2)31-28)9-6-10-25(27)34(3)4/h5-10,15,21-22,28H,11-14,16-18H2,1-4H3,(H2,32,33,39). The maximum absolute atomic E-state index is 14.1. The zero-order valence-electron chi connectivity index (χ0n) is 23.2. The minimum absolute atomic E-state index is 0.0656. The predicted molar refractivity (Wildman–Crippen MR) is 154 cm³/mol. The van der Waals surface area contributed by atoms with E-state index in [0.29, 0.717) is 28.9 Å². The molecule has 9 heteroatoms. The number of carbonyl (C=O) groups excluding carboxylic acids is 3. The third kappa shape index (κ3) is 5.77. The molecular weight excluding hydrogens is 492 g/mol. The van der Waals surface area contributed by atoms with Gasteiger partial charge in [-0.2, -0.15) is 0 Å². The monoisotopic (exact) mass is 530 g/mol. The lowest BCUT2D eigenvalue weighted by Crippen LogP contribution is -2.52. The molecule has 6 rings (SSSR count). The van der Waals surface area contributed by atoms with Crippen LogP contribution < -0.4 is 20.4 Å². The molecule has 206 valence electrons. The second-order valence-corrected chi connectivity index (χ2v) is 11.3. The van der Waals surface area contributed by atoms with Crippen molar-refractivity contribution in [3.05, 3.63) is 53.6 Å². The molecular formula is C30H38N6O3. The van der Waals surface area contributed by atoms with Crippen molar-refractivity contribution in [1.82, 2.24) is 10.2 Å². The number of aliphatic imine (C=N–C) groups is 1. The Balaban J connectivity index is 1.45. The average Bonchev–Trinajstić information content (AvgIpc) is 3.28. The smallest absolute Gasteiger partial charge is 0.321 e. The van der Waals surface area contributed by atoms with Crippen LogP contribution in [0.25, 0.3) is 0 Å². The van der Waals surface area contributed by atoms with Crippen LogP contribution in [0.4, 0.5) is 21.9 Å². The molecule has 1 saturated carbocycles. The van der Waals surface area contributed by atoms with Gasteiger partial charge in [-0.1, -0.05) is 24.3 Å². The van der Waals surface area contributed by atoms with Crippen molar-refractivity contribution in [2.24, 2.45) is 16.8 Å². The molecule has 39 heavy (non-hydrogen) atoms. The third-order valence-electron chi connectivity index (χ3n) is 8.09. The number of carbonyl (C=O) groups is 3. The molecule has 2 N–H and O–H groups in total. The van der Waals surface area contributed by atoms with Gasteiger partial charge in [-0.3, -0.25) is 19.5 Å². The number of benzene rings is 2. The molecule has 2 aromatic rings. The number of nitrogens with zero attached hydrogens (tertiary/aromatic N) is 4. The number of fused-ring (bicyclic) bond motifs is 5. The van der Waals surface area contributed by atoms with E-state index in [1.54, 1.807) is 6.07 Å². The number of hydrogen-bond acceptors (Lipinski definition) is 5. The summed E-state index contributed by atoms with van der Waals surface area (Å²) in [6, 6.07) is 12.7. The SMILES string of the molecule is CC1=NC(NC(=O)Nc2cccc(C)c2)C(=O)N(CC(=O)N2CC3CCC(CC3)C2)c2c1cccc2N(C)C. The molecule has 4 amide bonds. The lowest BCUT2D eigenvalue weighted by molar-refractivity contribution is -0.132. The Hall–Kier alpha value is -3.88. The van der Waals surface area contributed by atoms with Gasteiger partial charge in [0.05, 0.1) is 11.4 Å². The summed E-state index contributed by atoms with van der Waals surface area (Å²) in [5.74, 6) is 0.557. The van der Waals surface area contributed by atoms with Crippen molar-refractivity contribution in [3.8, 4) is 0 Å². The summed E-state index contributed by atoms with van der Waals surface area (Å²) in [4.78, 5) is 50.8. The van der Waals surface area contributed by atoms with Crippen LogP contribution in [0.1, 0.15) is 43.7 Å². The van der Waals surface area contributed by atoms with E-state index in [-0.39, 0.29) is 12.5 Å². The maximum Gasteiger partial charge on any atom is 0.321 e. The number of rotatable bonds is 5. The number of urea groups is 1. The zero-order valence-corrected chi connectivity index (χ0v) is 23.2. The predicted octanol–water partition coefficient (Wildman–Crippen LogP) is 4.01. The van der Waals surface area contributed by atoms with Crippen LogP contribution in [0.3, 0.4) is 0 Å². The van der Waals surface area contributed by atoms with Gasteiger partial charge in [0.2, 0.25) is 12.1 Å². The van der Waals surface area contributed by atoms with Crippen LogP contribution >= 0.6 is 0 Å².